The van der Waals surface area contributed by atoms with Crippen molar-refractivity contribution in [3.63, 3.8) is 0 Å². The first kappa shape index (κ1) is 15.3. The molecule has 0 heterocycles. The molecule has 0 saturated carbocycles. The molecule has 0 aliphatic heterocycles. The number of rotatable bonds is 6. The van der Waals surface area contributed by atoms with E-state index in [0.717, 1.165) is 6.07 Å². The number of ether oxygens (including phenoxy) is 1. The van der Waals surface area contributed by atoms with Gasteiger partial charge in [0, 0.05) is 23.8 Å². The van der Waals surface area contributed by atoms with E-state index in [1.54, 1.807) is 19.1 Å². The van der Waals surface area contributed by atoms with Crippen molar-refractivity contribution >= 4 is 17.4 Å². The van der Waals surface area contributed by atoms with Gasteiger partial charge >= 0.3 is 5.97 Å². The molecule has 1 aromatic rings. The molecule has 1 aromatic carbocycles. The van der Waals surface area contributed by atoms with Crippen molar-refractivity contribution in [2.24, 2.45) is 0 Å². The molecular formula is C14H13NO5. The highest BCUT2D eigenvalue weighted by atomic mass is 16.6. The number of non-ortho nitro benzene ring substituents is 1. The summed E-state index contributed by atoms with van der Waals surface area (Å²) in [5.41, 5.74) is -0.0559. The quantitative estimate of drug-likeness (QED) is 0.199. The lowest BCUT2D eigenvalue weighted by molar-refractivity contribution is -0.384. The molecule has 20 heavy (non-hydrogen) atoms. The third-order valence-electron chi connectivity index (χ3n) is 2.26. The van der Waals surface area contributed by atoms with Crippen molar-refractivity contribution in [1.29, 1.82) is 0 Å². The highest BCUT2D eigenvalue weighted by Gasteiger charge is 2.12. The van der Waals surface area contributed by atoms with E-state index in [2.05, 4.69) is 0 Å². The summed E-state index contributed by atoms with van der Waals surface area (Å²) in [6.45, 7) is 1.34. The van der Waals surface area contributed by atoms with Crippen molar-refractivity contribution < 1.29 is 19.2 Å². The number of hydrogen-bond acceptors (Lipinski definition) is 5. The van der Waals surface area contributed by atoms with Gasteiger partial charge in [-0.15, -0.1) is 0 Å². The molecule has 0 saturated heterocycles. The minimum absolute atomic E-state index is 0.129. The average molecular weight is 275 g/mol. The van der Waals surface area contributed by atoms with E-state index in [1.165, 1.54) is 30.4 Å². The highest BCUT2D eigenvalue weighted by Crippen LogP contribution is 2.13. The normalized spacial score (nSPS) is 10.8. The maximum absolute atomic E-state index is 11.7. The predicted octanol–water partition coefficient (Wildman–Crippen LogP) is 2.45. The van der Waals surface area contributed by atoms with E-state index in [4.69, 9.17) is 4.74 Å². The number of carbonyl (C=O) groups excluding carboxylic acids is 2. The molecule has 0 fully saturated rings. The van der Waals surface area contributed by atoms with Crippen LogP contribution in [0.25, 0.3) is 0 Å². The van der Waals surface area contributed by atoms with E-state index in [1.807, 2.05) is 0 Å². The number of allylic oxidation sites excluding steroid dienone is 3. The molecule has 0 aliphatic rings. The summed E-state index contributed by atoms with van der Waals surface area (Å²) >= 11 is 0. The van der Waals surface area contributed by atoms with Crippen molar-refractivity contribution in [2.75, 3.05) is 6.61 Å². The van der Waals surface area contributed by atoms with Gasteiger partial charge in [-0.3, -0.25) is 14.9 Å². The van der Waals surface area contributed by atoms with E-state index in [-0.39, 0.29) is 11.3 Å². The van der Waals surface area contributed by atoms with Gasteiger partial charge in [0.2, 0.25) is 5.78 Å². The Kier molecular flexibility index (Phi) is 5.83. The van der Waals surface area contributed by atoms with E-state index < -0.39 is 23.3 Å². The monoisotopic (exact) mass is 275 g/mol. The minimum Gasteiger partial charge on any atom is -0.454 e. The number of benzene rings is 1. The Morgan fingerprint density at radius 2 is 2.10 bits per heavy atom. The predicted molar refractivity (Wildman–Crippen MR) is 72.3 cm³/mol. The lowest BCUT2D eigenvalue weighted by Crippen LogP contribution is -2.12. The van der Waals surface area contributed by atoms with Gasteiger partial charge in [-0.05, 0) is 6.92 Å². The van der Waals surface area contributed by atoms with Gasteiger partial charge in [0.15, 0.2) is 6.61 Å². The Morgan fingerprint density at radius 1 is 1.35 bits per heavy atom. The van der Waals surface area contributed by atoms with E-state index >= 15 is 0 Å². The molecule has 0 aromatic heterocycles. The second-order valence-corrected chi connectivity index (χ2v) is 3.72. The number of Topliss-reactive ketones (excluding diaryl/α,β-unsaturated/α-hetero) is 1. The van der Waals surface area contributed by atoms with Gasteiger partial charge < -0.3 is 4.74 Å². The van der Waals surface area contributed by atoms with Crippen LogP contribution in [0.4, 0.5) is 5.69 Å². The molecule has 0 radical (unpaired) electrons. The van der Waals surface area contributed by atoms with Gasteiger partial charge in [-0.2, -0.15) is 0 Å². The molecular weight excluding hydrogens is 262 g/mol. The molecule has 6 heteroatoms. The van der Waals surface area contributed by atoms with Crippen LogP contribution >= 0.6 is 0 Å². The van der Waals surface area contributed by atoms with Crippen LogP contribution in [0, 0.1) is 10.1 Å². The molecule has 6 nitrogen and oxygen atoms in total. The van der Waals surface area contributed by atoms with Gasteiger partial charge in [0.05, 0.1) is 4.92 Å². The Balaban J connectivity index is 2.61. The standard InChI is InChI=1S/C14H13NO5/c1-2-3-4-8-14(17)20-10-13(16)11-6-5-7-12(9-11)15(18)19/h2-9H,10H2,1H3/b3-2+,8-4+. The van der Waals surface area contributed by atoms with Crippen LogP contribution in [0.15, 0.2) is 48.6 Å². The molecule has 0 bridgehead atoms. The van der Waals surface area contributed by atoms with Crippen molar-refractivity contribution in [2.45, 2.75) is 6.92 Å². The summed E-state index contributed by atoms with van der Waals surface area (Å²) in [7, 11) is 0. The molecule has 0 unspecified atom stereocenters. The van der Waals surface area contributed by atoms with Crippen LogP contribution in [0.2, 0.25) is 0 Å². The summed E-state index contributed by atoms with van der Waals surface area (Å²) in [6.07, 6.45) is 6.04. The van der Waals surface area contributed by atoms with Gasteiger partial charge in [-0.1, -0.05) is 30.4 Å². The molecule has 0 atom stereocenters. The third-order valence-corrected chi connectivity index (χ3v) is 2.26. The largest absolute Gasteiger partial charge is 0.454 e. The maximum Gasteiger partial charge on any atom is 0.331 e. The van der Waals surface area contributed by atoms with E-state index in [9.17, 15) is 19.7 Å². The zero-order valence-corrected chi connectivity index (χ0v) is 10.8. The smallest absolute Gasteiger partial charge is 0.331 e. The van der Waals surface area contributed by atoms with Crippen LogP contribution in [0.1, 0.15) is 17.3 Å². The van der Waals surface area contributed by atoms with Gasteiger partial charge in [0.1, 0.15) is 0 Å². The fourth-order valence-electron chi connectivity index (χ4n) is 1.31. The summed E-state index contributed by atoms with van der Waals surface area (Å²) in [5, 5.41) is 10.6. The Morgan fingerprint density at radius 3 is 2.75 bits per heavy atom. The minimum atomic E-state index is -0.651. The van der Waals surface area contributed by atoms with Crippen molar-refractivity contribution in [3.05, 3.63) is 64.2 Å². The zero-order valence-electron chi connectivity index (χ0n) is 10.8. The number of nitro groups is 1. The highest BCUT2D eigenvalue weighted by molar-refractivity contribution is 5.99. The third kappa shape index (κ3) is 4.85. The summed E-state index contributed by atoms with van der Waals surface area (Å²) < 4.78 is 4.73. The molecule has 0 amide bonds. The lowest BCUT2D eigenvalue weighted by atomic mass is 10.1. The Labute approximate surface area is 115 Å². The van der Waals surface area contributed by atoms with Crippen LogP contribution in [-0.4, -0.2) is 23.3 Å². The molecule has 104 valence electrons. The van der Waals surface area contributed by atoms with Crippen molar-refractivity contribution in [3.8, 4) is 0 Å². The SMILES string of the molecule is C/C=C/C=C/C(=O)OCC(=O)c1cccc([N+](=O)[O-])c1. The maximum atomic E-state index is 11.7. The van der Waals surface area contributed by atoms with Crippen LogP contribution in [0.5, 0.6) is 0 Å². The van der Waals surface area contributed by atoms with E-state index in [0.29, 0.717) is 0 Å². The molecule has 0 aliphatic carbocycles. The fraction of sp³-hybridized carbons (Fsp3) is 0.143. The first-order valence-electron chi connectivity index (χ1n) is 5.78. The number of esters is 1. The number of ketones is 1. The van der Waals surface area contributed by atoms with Gasteiger partial charge in [-0.25, -0.2) is 4.79 Å². The molecule has 0 N–H and O–H groups in total. The molecule has 1 rings (SSSR count). The fourth-order valence-corrected chi connectivity index (χ4v) is 1.31. The van der Waals surface area contributed by atoms with Crippen molar-refractivity contribution in [1.82, 2.24) is 0 Å². The Hall–Kier alpha value is -2.76. The summed E-state index contributed by atoms with van der Waals surface area (Å²) in [6, 6.07) is 5.26. The van der Waals surface area contributed by atoms with Gasteiger partial charge in [0.25, 0.3) is 5.69 Å². The second kappa shape index (κ2) is 7.63. The van der Waals surface area contributed by atoms with Crippen LogP contribution in [-0.2, 0) is 9.53 Å². The average Bonchev–Trinajstić information content (AvgIpc) is 2.45. The lowest BCUT2D eigenvalue weighted by Gasteiger charge is -2.01. The first-order chi connectivity index (χ1) is 9.54. The number of nitro benzene ring substituents is 1. The topological polar surface area (TPSA) is 86.5 Å². The number of hydrogen-bond donors (Lipinski definition) is 0. The Bertz CT molecular complexity index is 575. The second-order valence-electron chi connectivity index (χ2n) is 3.72. The molecule has 0 spiro atoms. The number of nitrogens with zero attached hydrogens (tertiary/aromatic N) is 1. The van der Waals surface area contributed by atoms with Crippen LogP contribution in [0.3, 0.4) is 0 Å². The first-order valence-corrected chi connectivity index (χ1v) is 5.78. The summed E-state index contributed by atoms with van der Waals surface area (Å²) in [4.78, 5) is 32.9. The zero-order chi connectivity index (χ0) is 15.0. The number of carbonyl (C=O) groups is 2. The van der Waals surface area contributed by atoms with Crippen LogP contribution < -0.4 is 0 Å². The summed E-state index contributed by atoms with van der Waals surface area (Å²) in [5.74, 6) is -1.15.